The molecule has 5 nitrogen and oxygen atoms in total. The number of pyridine rings is 1. The maximum atomic E-state index is 12.7. The Bertz CT molecular complexity index is 1100. The maximum absolute atomic E-state index is 12.7. The van der Waals surface area contributed by atoms with E-state index < -0.39 is 0 Å². The first-order valence-corrected chi connectivity index (χ1v) is 12.5. The normalized spacial score (nSPS) is 16.8. The first-order chi connectivity index (χ1) is 15.8. The van der Waals surface area contributed by atoms with Crippen LogP contribution in [0.3, 0.4) is 0 Å². The van der Waals surface area contributed by atoms with Crippen LogP contribution in [-0.4, -0.2) is 46.4 Å². The molecule has 166 valence electrons. The van der Waals surface area contributed by atoms with Gasteiger partial charge in [0.25, 0.3) is 5.91 Å². The number of benzene rings is 1. The highest BCUT2D eigenvalue weighted by Crippen LogP contribution is 2.34. The third-order valence-corrected chi connectivity index (χ3v) is 7.63. The maximum Gasteiger partial charge on any atom is 0.258 e. The molecule has 5 rings (SSSR count). The van der Waals surface area contributed by atoms with Gasteiger partial charge >= 0.3 is 0 Å². The summed E-state index contributed by atoms with van der Waals surface area (Å²) in [5.41, 5.74) is 3.32. The van der Waals surface area contributed by atoms with Gasteiger partial charge in [-0.15, -0.1) is 0 Å². The zero-order valence-corrected chi connectivity index (χ0v) is 19.2. The standard InChI is InChI=1S/C26H30N4OS/c31-26(23-18-22-19-28-24-9-4-10-25(32-23)30(22)24)27-14-5-8-21-12-16-29(17-13-21)15-11-20-6-2-1-3-7-20/h1-4,6-7,9-10,18-19,21H,5,8,11-17H2,(H,27,31). The van der Waals surface area contributed by atoms with Crippen LogP contribution in [0.15, 0.2) is 64.7 Å². The number of rotatable bonds is 8. The molecule has 0 atom stereocenters. The zero-order chi connectivity index (χ0) is 21.8. The molecule has 3 aromatic rings. The third-order valence-electron chi connectivity index (χ3n) is 6.58. The molecule has 1 amide bonds. The van der Waals surface area contributed by atoms with Crippen LogP contribution in [0.4, 0.5) is 0 Å². The second-order valence-corrected chi connectivity index (χ2v) is 9.83. The lowest BCUT2D eigenvalue weighted by molar-refractivity contribution is -0.116. The monoisotopic (exact) mass is 446 g/mol. The van der Waals surface area contributed by atoms with E-state index in [9.17, 15) is 4.79 Å². The highest BCUT2D eigenvalue weighted by Gasteiger charge is 2.21. The number of nitrogens with one attached hydrogen (secondary N) is 1. The SMILES string of the molecule is O=C(NCCCC1CCN(CCc2ccccc2)CC1)C1=Cc2cnc3cccc(n23)S1. The van der Waals surface area contributed by atoms with Crippen molar-refractivity contribution in [3.63, 3.8) is 0 Å². The summed E-state index contributed by atoms with van der Waals surface area (Å²) in [4.78, 5) is 20.5. The van der Waals surface area contributed by atoms with Crippen molar-refractivity contribution in [2.45, 2.75) is 37.1 Å². The van der Waals surface area contributed by atoms with E-state index in [2.05, 4.69) is 49.9 Å². The molecule has 6 heteroatoms. The fourth-order valence-corrected chi connectivity index (χ4v) is 5.72. The number of aromatic nitrogens is 2. The van der Waals surface area contributed by atoms with Crippen molar-refractivity contribution in [1.82, 2.24) is 19.6 Å². The molecule has 1 N–H and O–H groups in total. The van der Waals surface area contributed by atoms with E-state index in [-0.39, 0.29) is 5.91 Å². The van der Waals surface area contributed by atoms with Crippen molar-refractivity contribution in [2.24, 2.45) is 5.92 Å². The number of amides is 1. The Balaban J connectivity index is 1.01. The van der Waals surface area contributed by atoms with Gasteiger partial charge in [0.1, 0.15) is 5.65 Å². The van der Waals surface area contributed by atoms with Crippen LogP contribution >= 0.6 is 11.8 Å². The van der Waals surface area contributed by atoms with Gasteiger partial charge in [-0.3, -0.25) is 9.20 Å². The lowest BCUT2D eigenvalue weighted by atomic mass is 9.92. The van der Waals surface area contributed by atoms with Crippen LogP contribution in [0.5, 0.6) is 0 Å². The van der Waals surface area contributed by atoms with E-state index in [1.165, 1.54) is 49.7 Å². The molecule has 0 spiro atoms. The average molecular weight is 447 g/mol. The summed E-state index contributed by atoms with van der Waals surface area (Å²) in [7, 11) is 0. The van der Waals surface area contributed by atoms with E-state index in [0.29, 0.717) is 0 Å². The van der Waals surface area contributed by atoms with Gasteiger partial charge in [-0.05, 0) is 74.9 Å². The van der Waals surface area contributed by atoms with Gasteiger partial charge in [-0.25, -0.2) is 4.98 Å². The highest BCUT2D eigenvalue weighted by atomic mass is 32.2. The van der Waals surface area contributed by atoms with Gasteiger partial charge in [0.15, 0.2) is 0 Å². The highest BCUT2D eigenvalue weighted by molar-refractivity contribution is 8.04. The Morgan fingerprint density at radius 1 is 1.09 bits per heavy atom. The minimum absolute atomic E-state index is 0.0233. The van der Waals surface area contributed by atoms with Crippen LogP contribution in [0.25, 0.3) is 11.7 Å². The van der Waals surface area contributed by atoms with E-state index in [1.54, 1.807) is 0 Å². The average Bonchev–Trinajstić information content (AvgIpc) is 3.26. The van der Waals surface area contributed by atoms with E-state index in [4.69, 9.17) is 0 Å². The molecule has 1 saturated heterocycles. The molecule has 1 fully saturated rings. The fraction of sp³-hybridized carbons (Fsp3) is 0.385. The Kier molecular flexibility index (Phi) is 6.60. The number of thioether (sulfide) groups is 1. The Hall–Kier alpha value is -2.57. The molecule has 0 bridgehead atoms. The summed E-state index contributed by atoms with van der Waals surface area (Å²) >= 11 is 1.52. The summed E-state index contributed by atoms with van der Waals surface area (Å²) in [6.07, 6.45) is 9.71. The van der Waals surface area contributed by atoms with Crippen LogP contribution in [-0.2, 0) is 11.2 Å². The van der Waals surface area contributed by atoms with Gasteiger partial charge in [0, 0.05) is 13.1 Å². The van der Waals surface area contributed by atoms with Crippen LogP contribution in [0, 0.1) is 5.92 Å². The molecule has 2 aliphatic rings. The second kappa shape index (κ2) is 9.92. The summed E-state index contributed by atoms with van der Waals surface area (Å²) < 4.78 is 2.09. The number of carbonyl (C=O) groups is 1. The van der Waals surface area contributed by atoms with Crippen molar-refractivity contribution in [3.05, 3.63) is 70.9 Å². The van der Waals surface area contributed by atoms with Crippen LogP contribution < -0.4 is 5.32 Å². The van der Waals surface area contributed by atoms with Crippen molar-refractivity contribution in [1.29, 1.82) is 0 Å². The van der Waals surface area contributed by atoms with Crippen molar-refractivity contribution < 1.29 is 4.79 Å². The molecule has 2 aliphatic heterocycles. The number of carbonyl (C=O) groups excluding carboxylic acids is 1. The van der Waals surface area contributed by atoms with Crippen LogP contribution in [0.1, 0.15) is 36.9 Å². The van der Waals surface area contributed by atoms with Crippen LogP contribution in [0.2, 0.25) is 0 Å². The van der Waals surface area contributed by atoms with Crippen molar-refractivity contribution >= 4 is 29.4 Å². The smallest absolute Gasteiger partial charge is 0.258 e. The minimum Gasteiger partial charge on any atom is -0.352 e. The molecule has 0 unspecified atom stereocenters. The summed E-state index contributed by atoms with van der Waals surface area (Å²) in [5, 5.41) is 4.17. The number of likely N-dealkylation sites (tertiary alicyclic amines) is 1. The molecule has 0 saturated carbocycles. The summed E-state index contributed by atoms with van der Waals surface area (Å²) in [6.45, 7) is 4.31. The van der Waals surface area contributed by atoms with E-state index in [0.717, 1.165) is 53.1 Å². The number of hydrogen-bond acceptors (Lipinski definition) is 4. The van der Waals surface area contributed by atoms with Gasteiger partial charge in [-0.2, -0.15) is 0 Å². The van der Waals surface area contributed by atoms with Gasteiger partial charge in [0.2, 0.25) is 0 Å². The molecule has 4 heterocycles. The lowest BCUT2D eigenvalue weighted by Gasteiger charge is -2.32. The number of imidazole rings is 1. The topological polar surface area (TPSA) is 49.6 Å². The molecule has 0 radical (unpaired) electrons. The number of piperidine rings is 1. The molecule has 0 aliphatic carbocycles. The minimum atomic E-state index is 0.0233. The molecule has 2 aromatic heterocycles. The predicted molar refractivity (Wildman–Crippen MR) is 131 cm³/mol. The molecule has 1 aromatic carbocycles. The van der Waals surface area contributed by atoms with Crippen molar-refractivity contribution in [2.75, 3.05) is 26.2 Å². The fourth-order valence-electron chi connectivity index (χ4n) is 4.71. The van der Waals surface area contributed by atoms with Crippen molar-refractivity contribution in [3.8, 4) is 0 Å². The zero-order valence-electron chi connectivity index (χ0n) is 18.4. The molecule has 32 heavy (non-hydrogen) atoms. The van der Waals surface area contributed by atoms with Gasteiger partial charge in [-0.1, -0.05) is 48.2 Å². The molecular formula is C26H30N4OS. The Morgan fingerprint density at radius 2 is 1.94 bits per heavy atom. The summed E-state index contributed by atoms with van der Waals surface area (Å²) in [5.74, 6) is 0.810. The molecular weight excluding hydrogens is 416 g/mol. The lowest BCUT2D eigenvalue weighted by Crippen LogP contribution is -2.35. The van der Waals surface area contributed by atoms with E-state index >= 15 is 0 Å². The quantitative estimate of drug-likeness (QED) is 0.513. The second-order valence-electron chi connectivity index (χ2n) is 8.77. The summed E-state index contributed by atoms with van der Waals surface area (Å²) in [6, 6.07) is 16.8. The van der Waals surface area contributed by atoms with E-state index in [1.807, 2.05) is 30.5 Å². The number of hydrogen-bond donors (Lipinski definition) is 1. The Morgan fingerprint density at radius 3 is 2.78 bits per heavy atom. The first-order valence-electron chi connectivity index (χ1n) is 11.7. The first kappa shape index (κ1) is 21.3. The van der Waals surface area contributed by atoms with Gasteiger partial charge in [0.05, 0.1) is 21.8 Å². The largest absolute Gasteiger partial charge is 0.352 e. The predicted octanol–water partition coefficient (Wildman–Crippen LogP) is 4.63. The third kappa shape index (κ3) is 4.92. The number of nitrogens with zero attached hydrogens (tertiary/aromatic N) is 3. The Labute approximate surface area is 193 Å². The van der Waals surface area contributed by atoms with Gasteiger partial charge < -0.3 is 10.2 Å².